The van der Waals surface area contributed by atoms with E-state index in [0.717, 1.165) is 17.0 Å². The number of sulfonamides is 1. The molecule has 0 saturated carbocycles. The number of methoxy groups -OCH3 is 3. The molecule has 39 heavy (non-hydrogen) atoms. The van der Waals surface area contributed by atoms with E-state index in [9.17, 15) is 8.42 Å². The van der Waals surface area contributed by atoms with Crippen molar-refractivity contribution in [2.45, 2.75) is 25.2 Å². The molecule has 5 N–H and O–H groups in total. The number of nitrogens with two attached hydrogens (primary N) is 1. The molecule has 1 heterocycles. The molecule has 2 aromatic carbocycles. The number of benzene rings is 2. The second-order valence-corrected chi connectivity index (χ2v) is 10.2. The number of guanidine groups is 1. The molecule has 0 aliphatic heterocycles. The molecule has 3 aromatic rings. The Bertz CT molecular complexity index is 1420. The van der Waals surface area contributed by atoms with E-state index in [2.05, 4.69) is 30.9 Å². The number of ether oxygens (including phenoxy) is 3. The van der Waals surface area contributed by atoms with Crippen molar-refractivity contribution < 1.29 is 22.6 Å². The summed E-state index contributed by atoms with van der Waals surface area (Å²) in [4.78, 5) is 13.5. The third kappa shape index (κ3) is 8.49. The van der Waals surface area contributed by atoms with Crippen LogP contribution in [0.25, 0.3) is 0 Å². The van der Waals surface area contributed by atoms with Gasteiger partial charge >= 0.3 is 0 Å². The normalized spacial score (nSPS) is 11.5. The number of anilines is 2. The van der Waals surface area contributed by atoms with Crippen molar-refractivity contribution in [3.8, 4) is 17.2 Å². The summed E-state index contributed by atoms with van der Waals surface area (Å²) in [5.74, 6) is 2.05. The molecule has 0 unspecified atom stereocenters. The summed E-state index contributed by atoms with van der Waals surface area (Å²) in [7, 11) is 0.825. The van der Waals surface area contributed by atoms with Crippen LogP contribution in [0.15, 0.2) is 52.4 Å². The Hall–Kier alpha value is -4.01. The number of aryl methyl sites for hydroxylation is 2. The molecule has 0 spiro atoms. The highest BCUT2D eigenvalue weighted by molar-refractivity contribution is 7.89. The lowest BCUT2D eigenvalue weighted by Crippen LogP contribution is -2.39. The number of aromatic nitrogens is 2. The first-order valence-electron chi connectivity index (χ1n) is 11.7. The summed E-state index contributed by atoms with van der Waals surface area (Å²) < 4.78 is 39.2. The molecular weight excluding hydrogens is 542 g/mol. The maximum absolute atomic E-state index is 11.5. The number of nitrogens with zero attached hydrogens (tertiary/aromatic N) is 3. The van der Waals surface area contributed by atoms with Crippen LogP contribution in [0.2, 0.25) is 0 Å². The van der Waals surface area contributed by atoms with Crippen molar-refractivity contribution in [2.75, 3.05) is 38.5 Å². The lowest BCUT2D eigenvalue weighted by atomic mass is 10.1. The Kier molecular flexibility index (Phi) is 9.98. The summed E-state index contributed by atoms with van der Waals surface area (Å²) in [5.41, 5.74) is 3.06. The van der Waals surface area contributed by atoms with Crippen molar-refractivity contribution in [3.63, 3.8) is 0 Å². The van der Waals surface area contributed by atoms with Crippen LogP contribution in [0.5, 0.6) is 17.2 Å². The monoisotopic (exact) mass is 573 g/mol. The first kappa shape index (κ1) is 29.5. The van der Waals surface area contributed by atoms with Crippen LogP contribution in [-0.4, -0.2) is 57.3 Å². The average molecular weight is 574 g/mol. The summed E-state index contributed by atoms with van der Waals surface area (Å²) >= 11 is 5.53. The predicted molar refractivity (Wildman–Crippen MR) is 154 cm³/mol. The first-order chi connectivity index (χ1) is 18.5. The van der Waals surface area contributed by atoms with E-state index in [1.165, 1.54) is 33.5 Å². The van der Waals surface area contributed by atoms with Crippen LogP contribution in [0, 0.1) is 13.8 Å². The number of nitrogens with one attached hydrogen (secondary N) is 3. The van der Waals surface area contributed by atoms with Gasteiger partial charge in [-0.3, -0.25) is 10.3 Å². The highest BCUT2D eigenvalue weighted by Crippen LogP contribution is 2.39. The molecular formula is C25H31N7O5S2. The Morgan fingerprint density at radius 2 is 1.54 bits per heavy atom. The average Bonchev–Trinajstić information content (AvgIpc) is 2.87. The Balaban J connectivity index is 1.79. The van der Waals surface area contributed by atoms with E-state index in [4.69, 9.17) is 31.6 Å². The fraction of sp³-hybridized carbons (Fsp3) is 0.280. The maximum atomic E-state index is 11.5. The van der Waals surface area contributed by atoms with Gasteiger partial charge in [-0.05, 0) is 56.2 Å². The quantitative estimate of drug-likeness (QED) is 0.169. The topological polar surface area (TPSA) is 162 Å². The van der Waals surface area contributed by atoms with E-state index in [-0.39, 0.29) is 10.0 Å². The highest BCUT2D eigenvalue weighted by atomic mass is 32.2. The highest BCUT2D eigenvalue weighted by Gasteiger charge is 2.15. The Labute approximate surface area is 233 Å². The lowest BCUT2D eigenvalue weighted by Gasteiger charge is -2.17. The largest absolute Gasteiger partial charge is 0.493 e. The summed E-state index contributed by atoms with van der Waals surface area (Å²) in [6.45, 7) is 4.08. The van der Waals surface area contributed by atoms with Crippen LogP contribution in [0.3, 0.4) is 0 Å². The molecule has 0 fully saturated rings. The van der Waals surface area contributed by atoms with Crippen molar-refractivity contribution in [3.05, 3.63) is 59.4 Å². The summed E-state index contributed by atoms with van der Waals surface area (Å²) in [6.07, 6.45) is 0.526. The predicted octanol–water partition coefficient (Wildman–Crippen LogP) is 2.76. The van der Waals surface area contributed by atoms with Gasteiger partial charge in [-0.25, -0.2) is 23.5 Å². The van der Waals surface area contributed by atoms with Crippen molar-refractivity contribution in [2.24, 2.45) is 10.1 Å². The molecule has 0 atom stereocenters. The second kappa shape index (κ2) is 13.2. The van der Waals surface area contributed by atoms with E-state index >= 15 is 0 Å². The van der Waals surface area contributed by atoms with Crippen molar-refractivity contribution in [1.82, 2.24) is 15.3 Å². The minimum absolute atomic E-state index is 0.0500. The van der Waals surface area contributed by atoms with Gasteiger partial charge in [0.15, 0.2) is 16.6 Å². The standard InChI is InChI=1S/C25H31N7O5S2/c1-15-12-16(2)29-24(28-15)31-23(27-11-10-17-6-8-19(9-7-17)39(26,33)34)32-25(38)30-18-13-20(35-3)22(37-5)21(14-18)36-4/h6-9,12-14H,10-11H2,1-5H3,(H2,26,33,34)(H3,27,28,29,30,31,32,38). The molecule has 0 radical (unpaired) electrons. The third-order valence-electron chi connectivity index (χ3n) is 5.29. The van der Waals surface area contributed by atoms with E-state index in [1.54, 1.807) is 24.3 Å². The first-order valence-corrected chi connectivity index (χ1v) is 13.6. The number of aliphatic imine (C=N–C) groups is 1. The van der Waals surface area contributed by atoms with Crippen LogP contribution < -0.4 is 35.3 Å². The van der Waals surface area contributed by atoms with Gasteiger partial charge in [0.25, 0.3) is 0 Å². The molecule has 0 bridgehead atoms. The van der Waals surface area contributed by atoms with Gasteiger partial charge in [0.2, 0.25) is 27.7 Å². The smallest absolute Gasteiger partial charge is 0.238 e. The number of hydrogen-bond donors (Lipinski definition) is 4. The molecule has 0 amide bonds. The minimum atomic E-state index is -3.75. The zero-order chi connectivity index (χ0) is 28.6. The molecule has 208 valence electrons. The molecule has 0 aliphatic rings. The van der Waals surface area contributed by atoms with E-state index < -0.39 is 10.0 Å². The molecule has 0 saturated heterocycles. The number of hydrogen-bond acceptors (Lipinski definition) is 9. The van der Waals surface area contributed by atoms with Crippen molar-refractivity contribution >= 4 is 44.9 Å². The fourth-order valence-corrected chi connectivity index (χ4v) is 4.29. The maximum Gasteiger partial charge on any atom is 0.238 e. The van der Waals surface area contributed by atoms with Gasteiger partial charge in [-0.1, -0.05) is 12.1 Å². The van der Waals surface area contributed by atoms with Gasteiger partial charge < -0.3 is 24.8 Å². The van der Waals surface area contributed by atoms with Gasteiger partial charge in [0.1, 0.15) is 0 Å². The van der Waals surface area contributed by atoms with Crippen LogP contribution >= 0.6 is 12.2 Å². The zero-order valence-electron chi connectivity index (χ0n) is 22.2. The van der Waals surface area contributed by atoms with Gasteiger partial charge in [0, 0.05) is 35.8 Å². The fourth-order valence-electron chi connectivity index (χ4n) is 3.56. The minimum Gasteiger partial charge on any atom is -0.493 e. The van der Waals surface area contributed by atoms with Gasteiger partial charge in [0.05, 0.1) is 26.2 Å². The zero-order valence-corrected chi connectivity index (χ0v) is 23.9. The number of thiocarbonyl (C=S) groups is 1. The second-order valence-electron chi connectivity index (χ2n) is 8.26. The molecule has 14 heteroatoms. The van der Waals surface area contributed by atoms with Gasteiger partial charge in [-0.15, -0.1) is 0 Å². The Morgan fingerprint density at radius 3 is 2.05 bits per heavy atom. The number of rotatable bonds is 9. The SMILES string of the molecule is COc1cc(NC(=S)NC(=NCCc2ccc(S(N)(=O)=O)cc2)Nc2nc(C)cc(C)n2)cc(OC)c1OC. The molecule has 1 aromatic heterocycles. The number of primary sulfonamides is 1. The van der Waals surface area contributed by atoms with Crippen LogP contribution in [0.1, 0.15) is 17.0 Å². The van der Waals surface area contributed by atoms with E-state index in [1.807, 2.05) is 19.9 Å². The molecule has 12 nitrogen and oxygen atoms in total. The van der Waals surface area contributed by atoms with E-state index in [0.29, 0.717) is 47.8 Å². The molecule has 0 aliphatic carbocycles. The van der Waals surface area contributed by atoms with Crippen molar-refractivity contribution in [1.29, 1.82) is 0 Å². The summed E-state index contributed by atoms with van der Waals surface area (Å²) in [5, 5.41) is 14.6. The van der Waals surface area contributed by atoms with Crippen LogP contribution in [-0.2, 0) is 16.4 Å². The Morgan fingerprint density at radius 1 is 0.949 bits per heavy atom. The van der Waals surface area contributed by atoms with Crippen LogP contribution in [0.4, 0.5) is 11.6 Å². The summed E-state index contributed by atoms with van der Waals surface area (Å²) in [6, 6.07) is 11.6. The lowest BCUT2D eigenvalue weighted by molar-refractivity contribution is 0.324. The molecule has 3 rings (SSSR count). The third-order valence-corrected chi connectivity index (χ3v) is 6.42. The van der Waals surface area contributed by atoms with Gasteiger partial charge in [-0.2, -0.15) is 0 Å².